The van der Waals surface area contributed by atoms with Crippen LogP contribution >= 0.6 is 23.2 Å². The molecule has 3 rings (SSSR count). The summed E-state index contributed by atoms with van der Waals surface area (Å²) in [4.78, 5) is 21.8. The normalized spacial score (nSPS) is 12.7. The number of nitrogens with zero attached hydrogens (tertiary/aromatic N) is 1. The van der Waals surface area contributed by atoms with E-state index in [9.17, 15) is 18.0 Å². The average molecular weight is 509 g/mol. The average Bonchev–Trinajstić information content (AvgIpc) is 2.73. The first-order chi connectivity index (χ1) is 16.0. The Hall–Kier alpha value is -2.87. The number of pyridine rings is 1. The van der Waals surface area contributed by atoms with Crippen molar-refractivity contribution in [1.29, 1.82) is 0 Å². The van der Waals surface area contributed by atoms with Crippen LogP contribution in [0.3, 0.4) is 0 Å². The van der Waals surface area contributed by atoms with Crippen molar-refractivity contribution in [2.24, 2.45) is 0 Å². The summed E-state index contributed by atoms with van der Waals surface area (Å²) in [7, 11) is 0. The molecule has 178 valence electrons. The number of nitrogens with one attached hydrogen (secondary N) is 1. The fourth-order valence-electron chi connectivity index (χ4n) is 3.24. The first-order valence-corrected chi connectivity index (χ1v) is 10.9. The van der Waals surface area contributed by atoms with Crippen LogP contribution in [-0.4, -0.2) is 17.1 Å². The molecule has 3 aromatic rings. The number of hydrogen-bond acceptors (Lipinski definition) is 3. The van der Waals surface area contributed by atoms with E-state index in [-0.39, 0.29) is 22.2 Å². The van der Waals surface area contributed by atoms with Gasteiger partial charge in [-0.15, -0.1) is 0 Å². The molecule has 1 atom stereocenters. The van der Waals surface area contributed by atoms with Crippen molar-refractivity contribution in [2.75, 3.05) is 0 Å². The zero-order valence-electron chi connectivity index (χ0n) is 18.3. The molecule has 0 saturated carbocycles. The smallest absolute Gasteiger partial charge is 0.269 e. The number of aryl methyl sites for hydroxylation is 2. The van der Waals surface area contributed by atoms with Crippen molar-refractivity contribution in [3.05, 3.63) is 104 Å². The highest BCUT2D eigenvalue weighted by molar-refractivity contribution is 6.34. The van der Waals surface area contributed by atoms with Crippen molar-refractivity contribution in [3.8, 4) is 0 Å². The summed E-state index contributed by atoms with van der Waals surface area (Å²) in [6, 6.07) is 12.2. The first-order valence-electron chi connectivity index (χ1n) is 10.2. The molecule has 0 aliphatic carbocycles. The van der Waals surface area contributed by atoms with E-state index in [2.05, 4.69) is 10.5 Å². The highest BCUT2D eigenvalue weighted by atomic mass is 35.5. The summed E-state index contributed by atoms with van der Waals surface area (Å²) in [5, 5.41) is 0.245. The molecule has 1 unspecified atom stereocenters. The van der Waals surface area contributed by atoms with E-state index in [1.54, 1.807) is 25.3 Å². The molecule has 34 heavy (non-hydrogen) atoms. The van der Waals surface area contributed by atoms with Crippen LogP contribution in [0.15, 0.2) is 60.8 Å². The maximum absolute atomic E-state index is 13.7. The number of hydrogen-bond donors (Lipinski definition) is 1. The summed E-state index contributed by atoms with van der Waals surface area (Å²) in [5.41, 5.74) is 5.39. The minimum atomic E-state index is -4.54. The SMILES string of the molecule is Cc1ccc(CONC(=O)c2ccc(/C=C/C(c3cc(Cl)cc(Cl)c3)C(F)(F)F)cc2C)cn1. The standard InChI is InChI=1S/C25H21Cl2F3N2O2/c1-15-9-17(6-8-23(25(28,29)30)19-10-20(26)12-21(27)11-19)5-7-22(15)24(33)32-34-14-18-4-3-16(2)31-13-18/h3-13,23H,14H2,1-2H3,(H,32,33)/b8-6+. The van der Waals surface area contributed by atoms with Gasteiger partial charge in [0.05, 0.1) is 5.92 Å². The number of alkyl halides is 3. The molecule has 1 N–H and O–H groups in total. The largest absolute Gasteiger partial charge is 0.399 e. The number of carbonyl (C=O) groups excluding carboxylic acids is 1. The zero-order chi connectivity index (χ0) is 24.9. The van der Waals surface area contributed by atoms with Crippen LogP contribution in [-0.2, 0) is 11.4 Å². The molecule has 1 aromatic heterocycles. The van der Waals surface area contributed by atoms with E-state index in [4.69, 9.17) is 28.0 Å². The molecule has 0 saturated heterocycles. The number of aromatic nitrogens is 1. The quantitative estimate of drug-likeness (QED) is 0.342. The Morgan fingerprint density at radius 1 is 1.09 bits per heavy atom. The highest BCUT2D eigenvalue weighted by Crippen LogP contribution is 2.38. The first kappa shape index (κ1) is 25.7. The van der Waals surface area contributed by atoms with Gasteiger partial charge in [-0.2, -0.15) is 13.2 Å². The lowest BCUT2D eigenvalue weighted by Crippen LogP contribution is -2.24. The molecule has 1 amide bonds. The molecule has 2 aromatic carbocycles. The second-order valence-corrected chi connectivity index (χ2v) is 8.56. The number of allylic oxidation sites excluding steroid dienone is 1. The van der Waals surface area contributed by atoms with E-state index in [1.807, 2.05) is 19.1 Å². The van der Waals surface area contributed by atoms with Gasteiger partial charge in [-0.05, 0) is 66.4 Å². The Kier molecular flexibility index (Phi) is 8.36. The van der Waals surface area contributed by atoms with Gasteiger partial charge >= 0.3 is 6.18 Å². The molecule has 4 nitrogen and oxygen atoms in total. The third kappa shape index (κ3) is 7.06. The number of amides is 1. The summed E-state index contributed by atoms with van der Waals surface area (Å²) in [6.45, 7) is 3.70. The number of rotatable bonds is 7. The maximum Gasteiger partial charge on any atom is 0.399 e. The molecule has 0 aliphatic heterocycles. The minimum Gasteiger partial charge on any atom is -0.269 e. The van der Waals surface area contributed by atoms with E-state index >= 15 is 0 Å². The molecular weight excluding hydrogens is 488 g/mol. The van der Waals surface area contributed by atoms with Gasteiger partial charge in [-0.25, -0.2) is 5.48 Å². The summed E-state index contributed by atoms with van der Waals surface area (Å²) < 4.78 is 41.0. The molecule has 1 heterocycles. The second-order valence-electron chi connectivity index (χ2n) is 7.68. The van der Waals surface area contributed by atoms with Gasteiger partial charge < -0.3 is 0 Å². The molecule has 9 heteroatoms. The van der Waals surface area contributed by atoms with Gasteiger partial charge in [0.15, 0.2) is 0 Å². The summed E-state index contributed by atoms with van der Waals surface area (Å²) in [5.74, 6) is -2.36. The minimum absolute atomic E-state index is 0.0603. The Morgan fingerprint density at radius 2 is 1.79 bits per heavy atom. The Bertz CT molecular complexity index is 1180. The van der Waals surface area contributed by atoms with E-state index < -0.39 is 18.0 Å². The monoisotopic (exact) mass is 508 g/mol. The molecule has 0 aliphatic rings. The molecule has 0 spiro atoms. The lowest BCUT2D eigenvalue weighted by atomic mass is 9.96. The van der Waals surface area contributed by atoms with Crippen molar-refractivity contribution in [3.63, 3.8) is 0 Å². The predicted molar refractivity (Wildman–Crippen MR) is 127 cm³/mol. The number of halogens is 5. The number of carbonyl (C=O) groups is 1. The van der Waals surface area contributed by atoms with E-state index in [0.717, 1.165) is 17.3 Å². The van der Waals surface area contributed by atoms with Gasteiger partial charge in [0.25, 0.3) is 5.91 Å². The zero-order valence-corrected chi connectivity index (χ0v) is 19.8. The van der Waals surface area contributed by atoms with Gasteiger partial charge in [-0.1, -0.05) is 53.6 Å². The van der Waals surface area contributed by atoms with Crippen molar-refractivity contribution in [2.45, 2.75) is 32.5 Å². The van der Waals surface area contributed by atoms with Crippen molar-refractivity contribution in [1.82, 2.24) is 10.5 Å². The van der Waals surface area contributed by atoms with Crippen LogP contribution in [0.25, 0.3) is 6.08 Å². The van der Waals surface area contributed by atoms with Crippen LogP contribution in [0.5, 0.6) is 0 Å². The fourth-order valence-corrected chi connectivity index (χ4v) is 3.78. The topological polar surface area (TPSA) is 51.2 Å². The molecule has 0 radical (unpaired) electrons. The van der Waals surface area contributed by atoms with Crippen LogP contribution in [0, 0.1) is 13.8 Å². The second kappa shape index (κ2) is 11.0. The number of hydroxylamine groups is 1. The Balaban J connectivity index is 1.70. The Labute approximate surface area is 205 Å². The molecule has 0 bridgehead atoms. The van der Waals surface area contributed by atoms with Crippen LogP contribution in [0.1, 0.15) is 44.2 Å². The van der Waals surface area contributed by atoms with E-state index in [0.29, 0.717) is 16.7 Å². The predicted octanol–water partition coefficient (Wildman–Crippen LogP) is 7.23. The van der Waals surface area contributed by atoms with Crippen LogP contribution in [0.2, 0.25) is 10.0 Å². The van der Waals surface area contributed by atoms with Gasteiger partial charge in [-0.3, -0.25) is 14.6 Å². The molecular formula is C25H21Cl2F3N2O2. The number of benzene rings is 2. The lowest BCUT2D eigenvalue weighted by Gasteiger charge is -2.18. The summed E-state index contributed by atoms with van der Waals surface area (Å²) >= 11 is 11.8. The van der Waals surface area contributed by atoms with Crippen LogP contribution < -0.4 is 5.48 Å². The third-order valence-electron chi connectivity index (χ3n) is 4.95. The van der Waals surface area contributed by atoms with Gasteiger partial charge in [0.2, 0.25) is 0 Å². The fraction of sp³-hybridized carbons (Fsp3) is 0.200. The van der Waals surface area contributed by atoms with Crippen molar-refractivity contribution < 1.29 is 22.8 Å². The molecule has 0 fully saturated rings. The third-order valence-corrected chi connectivity index (χ3v) is 5.39. The van der Waals surface area contributed by atoms with Crippen molar-refractivity contribution >= 4 is 35.2 Å². The Morgan fingerprint density at radius 3 is 2.38 bits per heavy atom. The maximum atomic E-state index is 13.7. The van der Waals surface area contributed by atoms with Gasteiger partial charge in [0, 0.05) is 27.5 Å². The van der Waals surface area contributed by atoms with E-state index in [1.165, 1.54) is 30.3 Å². The van der Waals surface area contributed by atoms with Crippen LogP contribution in [0.4, 0.5) is 13.2 Å². The van der Waals surface area contributed by atoms with Gasteiger partial charge in [0.1, 0.15) is 6.61 Å². The highest BCUT2D eigenvalue weighted by Gasteiger charge is 2.39. The lowest BCUT2D eigenvalue weighted by molar-refractivity contribution is -0.139. The summed E-state index contributed by atoms with van der Waals surface area (Å²) in [6.07, 6.45) is -0.499.